The van der Waals surface area contributed by atoms with E-state index < -0.39 is 0 Å². The number of hydrogen-bond acceptors (Lipinski definition) is 3. The van der Waals surface area contributed by atoms with E-state index in [9.17, 15) is 0 Å². The van der Waals surface area contributed by atoms with Crippen molar-refractivity contribution in [3.8, 4) is 0 Å². The highest BCUT2D eigenvalue weighted by molar-refractivity contribution is 5.57. The summed E-state index contributed by atoms with van der Waals surface area (Å²) < 4.78 is 0. The normalized spacial score (nSPS) is 15.1. The number of H-pyrrole nitrogens is 1. The largest absolute Gasteiger partial charge is 0.377 e. The maximum absolute atomic E-state index is 4.31. The van der Waals surface area contributed by atoms with E-state index >= 15 is 0 Å². The summed E-state index contributed by atoms with van der Waals surface area (Å²) in [4.78, 5) is 11.6. The number of rotatable bonds is 4. The van der Waals surface area contributed by atoms with Gasteiger partial charge in [0.25, 0.3) is 0 Å². The summed E-state index contributed by atoms with van der Waals surface area (Å²) in [5, 5.41) is 3.34. The van der Waals surface area contributed by atoms with Crippen LogP contribution in [0.2, 0.25) is 0 Å². The van der Waals surface area contributed by atoms with Crippen LogP contribution in [-0.4, -0.2) is 15.0 Å². The van der Waals surface area contributed by atoms with Crippen LogP contribution in [-0.2, 0) is 6.54 Å². The van der Waals surface area contributed by atoms with Gasteiger partial charge in [-0.05, 0) is 37.3 Å². The van der Waals surface area contributed by atoms with Crippen molar-refractivity contribution in [1.29, 1.82) is 0 Å². The Hall–Kier alpha value is -2.10. The van der Waals surface area contributed by atoms with Crippen molar-refractivity contribution in [2.75, 3.05) is 5.32 Å². The van der Waals surface area contributed by atoms with E-state index in [0.717, 1.165) is 11.5 Å². The van der Waals surface area contributed by atoms with Crippen LogP contribution in [0.4, 0.5) is 5.69 Å². The summed E-state index contributed by atoms with van der Waals surface area (Å²) in [6, 6.07) is 2.15. The second kappa shape index (κ2) is 6.37. The van der Waals surface area contributed by atoms with Gasteiger partial charge < -0.3 is 10.3 Å². The van der Waals surface area contributed by atoms with Gasteiger partial charge in [0.15, 0.2) is 0 Å². The quantitative estimate of drug-likeness (QED) is 0.887. The van der Waals surface area contributed by atoms with Crippen LogP contribution in [0.3, 0.4) is 0 Å². The van der Waals surface area contributed by atoms with Crippen molar-refractivity contribution in [3.63, 3.8) is 0 Å². The van der Waals surface area contributed by atoms with Gasteiger partial charge in [0, 0.05) is 24.8 Å². The number of imidazole rings is 1. The molecule has 0 saturated heterocycles. The van der Waals surface area contributed by atoms with Gasteiger partial charge in [-0.25, -0.2) is 4.98 Å². The topological polar surface area (TPSA) is 53.6 Å². The third-order valence-electron chi connectivity index (χ3n) is 3.64. The molecule has 3 rings (SSSR count). The van der Waals surface area contributed by atoms with E-state index in [-0.39, 0.29) is 0 Å². The Morgan fingerprint density at radius 3 is 2.90 bits per heavy atom. The molecular formula is C16H20N4. The zero-order chi connectivity index (χ0) is 13.6. The molecule has 4 nitrogen and oxygen atoms in total. The van der Waals surface area contributed by atoms with Crippen molar-refractivity contribution >= 4 is 11.8 Å². The summed E-state index contributed by atoms with van der Waals surface area (Å²) in [7, 11) is 0. The first kappa shape index (κ1) is 12.9. The van der Waals surface area contributed by atoms with E-state index in [0.29, 0.717) is 6.54 Å². The fourth-order valence-electron chi connectivity index (χ4n) is 2.60. The first-order valence-corrected chi connectivity index (χ1v) is 7.27. The van der Waals surface area contributed by atoms with Gasteiger partial charge in [-0.15, -0.1) is 0 Å². The number of aromatic amines is 1. The number of hydrogen-bond donors (Lipinski definition) is 2. The zero-order valence-electron chi connectivity index (χ0n) is 11.6. The number of nitrogens with zero attached hydrogens (tertiary/aromatic N) is 2. The number of nitrogens with one attached hydrogen (secondary N) is 2. The SMILES string of the molecule is C(=C1CCCCC1)c1cncc(NCc2ncc[nH]2)c1. The molecule has 2 aromatic heterocycles. The Morgan fingerprint density at radius 2 is 2.10 bits per heavy atom. The second-order valence-electron chi connectivity index (χ2n) is 5.26. The van der Waals surface area contributed by atoms with E-state index in [1.807, 2.05) is 18.6 Å². The Balaban J connectivity index is 1.66. The molecule has 0 atom stereocenters. The molecule has 1 aliphatic rings. The van der Waals surface area contributed by atoms with Crippen LogP contribution in [0.25, 0.3) is 6.08 Å². The summed E-state index contributed by atoms with van der Waals surface area (Å²) >= 11 is 0. The molecule has 0 radical (unpaired) electrons. The lowest BCUT2D eigenvalue weighted by atomic mass is 9.93. The molecule has 0 unspecified atom stereocenters. The Labute approximate surface area is 119 Å². The molecule has 1 fully saturated rings. The molecule has 1 aliphatic carbocycles. The van der Waals surface area contributed by atoms with Crippen molar-refractivity contribution in [2.45, 2.75) is 38.6 Å². The lowest BCUT2D eigenvalue weighted by molar-refractivity contribution is 0.602. The third kappa shape index (κ3) is 3.47. The van der Waals surface area contributed by atoms with Crippen LogP contribution in [0.5, 0.6) is 0 Å². The zero-order valence-corrected chi connectivity index (χ0v) is 11.6. The molecule has 2 N–H and O–H groups in total. The monoisotopic (exact) mass is 268 g/mol. The van der Waals surface area contributed by atoms with Crippen molar-refractivity contribution < 1.29 is 0 Å². The average molecular weight is 268 g/mol. The molecule has 0 amide bonds. The van der Waals surface area contributed by atoms with Crippen molar-refractivity contribution in [3.05, 3.63) is 47.8 Å². The molecule has 0 spiro atoms. The predicted octanol–water partition coefficient (Wildman–Crippen LogP) is 3.76. The minimum atomic E-state index is 0.689. The molecule has 2 aromatic rings. The minimum Gasteiger partial charge on any atom is -0.377 e. The Morgan fingerprint density at radius 1 is 1.20 bits per heavy atom. The number of allylic oxidation sites excluding steroid dienone is 1. The number of anilines is 1. The second-order valence-corrected chi connectivity index (χ2v) is 5.26. The molecule has 4 heteroatoms. The first-order valence-electron chi connectivity index (χ1n) is 7.27. The van der Waals surface area contributed by atoms with E-state index in [2.05, 4.69) is 32.4 Å². The maximum Gasteiger partial charge on any atom is 0.125 e. The molecule has 20 heavy (non-hydrogen) atoms. The van der Waals surface area contributed by atoms with Gasteiger partial charge in [-0.2, -0.15) is 0 Å². The number of pyridine rings is 1. The summed E-state index contributed by atoms with van der Waals surface area (Å²) in [6.07, 6.45) is 16.2. The molecule has 0 bridgehead atoms. The van der Waals surface area contributed by atoms with Gasteiger partial charge in [-0.1, -0.05) is 18.1 Å². The van der Waals surface area contributed by atoms with Crippen molar-refractivity contribution in [2.24, 2.45) is 0 Å². The average Bonchev–Trinajstić information content (AvgIpc) is 3.00. The molecule has 104 valence electrons. The highest BCUT2D eigenvalue weighted by Crippen LogP contribution is 2.25. The van der Waals surface area contributed by atoms with Crippen LogP contribution in [0, 0.1) is 0 Å². The first-order chi connectivity index (χ1) is 9.90. The molecule has 0 aliphatic heterocycles. The molecular weight excluding hydrogens is 248 g/mol. The molecule has 1 saturated carbocycles. The van der Waals surface area contributed by atoms with Gasteiger partial charge >= 0.3 is 0 Å². The van der Waals surface area contributed by atoms with Crippen LogP contribution in [0.1, 0.15) is 43.5 Å². The standard InChI is InChI=1S/C16H20N4/c1-2-4-13(5-3-1)8-14-9-15(11-17-10-14)20-12-16-18-6-7-19-16/h6-11,20H,1-5,12H2,(H,18,19). The van der Waals surface area contributed by atoms with Crippen LogP contribution in [0.15, 0.2) is 36.4 Å². The minimum absolute atomic E-state index is 0.689. The predicted molar refractivity (Wildman–Crippen MR) is 81.2 cm³/mol. The van der Waals surface area contributed by atoms with E-state index in [1.54, 1.807) is 11.8 Å². The van der Waals surface area contributed by atoms with Gasteiger partial charge in [-0.3, -0.25) is 4.98 Å². The summed E-state index contributed by atoms with van der Waals surface area (Å²) in [5.74, 6) is 0.932. The van der Waals surface area contributed by atoms with Gasteiger partial charge in [0.05, 0.1) is 12.2 Å². The summed E-state index contributed by atoms with van der Waals surface area (Å²) in [5.41, 5.74) is 3.78. The van der Waals surface area contributed by atoms with Crippen LogP contribution < -0.4 is 5.32 Å². The lowest BCUT2D eigenvalue weighted by Gasteiger charge is -2.13. The van der Waals surface area contributed by atoms with Crippen LogP contribution >= 0.6 is 0 Å². The van der Waals surface area contributed by atoms with Crippen molar-refractivity contribution in [1.82, 2.24) is 15.0 Å². The smallest absolute Gasteiger partial charge is 0.125 e. The Kier molecular flexibility index (Phi) is 4.11. The summed E-state index contributed by atoms with van der Waals surface area (Å²) in [6.45, 7) is 0.689. The molecule has 2 heterocycles. The maximum atomic E-state index is 4.31. The van der Waals surface area contributed by atoms with E-state index in [1.165, 1.54) is 37.7 Å². The Bertz CT molecular complexity index is 564. The highest BCUT2D eigenvalue weighted by atomic mass is 15.0. The van der Waals surface area contributed by atoms with Gasteiger partial charge in [0.2, 0.25) is 0 Å². The fraction of sp³-hybridized carbons (Fsp3) is 0.375. The number of aromatic nitrogens is 3. The van der Waals surface area contributed by atoms with Gasteiger partial charge in [0.1, 0.15) is 5.82 Å². The molecule has 0 aromatic carbocycles. The highest BCUT2D eigenvalue weighted by Gasteiger charge is 2.05. The third-order valence-corrected chi connectivity index (χ3v) is 3.64. The van der Waals surface area contributed by atoms with E-state index in [4.69, 9.17) is 0 Å². The fourth-order valence-corrected chi connectivity index (χ4v) is 2.60. The lowest BCUT2D eigenvalue weighted by Crippen LogP contribution is -2.01.